The van der Waals surface area contributed by atoms with Crippen molar-refractivity contribution in [2.24, 2.45) is 11.7 Å². The number of carbonyl (C=O) groups is 1. The lowest BCUT2D eigenvalue weighted by atomic mass is 9.93. The molecule has 0 aliphatic carbocycles. The first kappa shape index (κ1) is 20.4. The second kappa shape index (κ2) is 9.17. The van der Waals surface area contributed by atoms with Gasteiger partial charge in [-0.2, -0.15) is 0 Å². The Morgan fingerprint density at radius 2 is 1.69 bits per heavy atom. The number of nitrogens with zero attached hydrogens (tertiary/aromatic N) is 1. The van der Waals surface area contributed by atoms with Crippen molar-refractivity contribution in [2.75, 3.05) is 13.2 Å². The van der Waals surface area contributed by atoms with E-state index in [0.717, 1.165) is 11.1 Å². The Hall–Kier alpha value is -1.88. The molecule has 2 aromatic rings. The largest absolute Gasteiger partial charge is 0.370 e. The lowest BCUT2D eigenvalue weighted by molar-refractivity contribution is -0.149. The van der Waals surface area contributed by atoms with Crippen LogP contribution in [0.1, 0.15) is 37.1 Å². The molecule has 0 spiro atoms. The van der Waals surface area contributed by atoms with Crippen molar-refractivity contribution in [1.29, 1.82) is 0 Å². The average molecular weight is 375 g/mol. The Morgan fingerprint density at radius 1 is 1.12 bits per heavy atom. The van der Waals surface area contributed by atoms with Gasteiger partial charge < -0.3 is 15.4 Å². The maximum absolute atomic E-state index is 13.1. The van der Waals surface area contributed by atoms with Crippen LogP contribution in [-0.2, 0) is 9.53 Å². The molecular weight excluding hydrogens is 348 g/mol. The zero-order valence-electron chi connectivity index (χ0n) is 15.2. The monoisotopic (exact) mass is 374 g/mol. The molecular formula is C21H27ClN2O2. The van der Waals surface area contributed by atoms with Crippen LogP contribution in [-0.4, -0.2) is 30.0 Å². The van der Waals surface area contributed by atoms with Gasteiger partial charge in [-0.3, -0.25) is 4.79 Å². The van der Waals surface area contributed by atoms with Crippen LogP contribution in [0.4, 0.5) is 0 Å². The fourth-order valence-corrected chi connectivity index (χ4v) is 3.31. The predicted molar refractivity (Wildman–Crippen MR) is 106 cm³/mol. The predicted octanol–water partition coefficient (Wildman–Crippen LogP) is 3.73. The van der Waals surface area contributed by atoms with Gasteiger partial charge in [-0.15, -0.1) is 12.4 Å². The van der Waals surface area contributed by atoms with Crippen molar-refractivity contribution >= 4 is 18.3 Å². The van der Waals surface area contributed by atoms with Gasteiger partial charge in [0.25, 0.3) is 0 Å². The van der Waals surface area contributed by atoms with Crippen molar-refractivity contribution < 1.29 is 9.53 Å². The number of hydrogen-bond acceptors (Lipinski definition) is 3. The zero-order chi connectivity index (χ0) is 17.8. The summed E-state index contributed by atoms with van der Waals surface area (Å²) < 4.78 is 5.96. The minimum atomic E-state index is -0.307. The molecule has 0 bridgehead atoms. The number of halogens is 1. The summed E-state index contributed by atoms with van der Waals surface area (Å²) in [4.78, 5) is 15.0. The number of amides is 1. The molecule has 4 unspecified atom stereocenters. The summed E-state index contributed by atoms with van der Waals surface area (Å²) in [5, 5.41) is 0. The first-order chi connectivity index (χ1) is 12.1. The highest BCUT2D eigenvalue weighted by atomic mass is 35.5. The van der Waals surface area contributed by atoms with Gasteiger partial charge in [0.15, 0.2) is 0 Å². The number of morpholine rings is 1. The Balaban J connectivity index is 0.00000243. The van der Waals surface area contributed by atoms with Crippen LogP contribution in [0.3, 0.4) is 0 Å². The van der Waals surface area contributed by atoms with Crippen LogP contribution in [0.2, 0.25) is 0 Å². The maximum atomic E-state index is 13.1. The third-order valence-corrected chi connectivity index (χ3v) is 5.00. The normalized spacial score (nSPS) is 22.2. The van der Waals surface area contributed by atoms with E-state index in [-0.39, 0.29) is 42.4 Å². The van der Waals surface area contributed by atoms with E-state index in [1.807, 2.05) is 79.4 Å². The van der Waals surface area contributed by atoms with Crippen LogP contribution >= 0.6 is 12.4 Å². The molecule has 140 valence electrons. The average Bonchev–Trinajstić information content (AvgIpc) is 2.68. The molecule has 2 N–H and O–H groups in total. The maximum Gasteiger partial charge on any atom is 0.227 e. The zero-order valence-corrected chi connectivity index (χ0v) is 16.1. The van der Waals surface area contributed by atoms with Gasteiger partial charge in [-0.25, -0.2) is 0 Å². The van der Waals surface area contributed by atoms with E-state index >= 15 is 0 Å². The van der Waals surface area contributed by atoms with Crippen molar-refractivity contribution in [3.05, 3.63) is 71.8 Å². The molecule has 4 nitrogen and oxygen atoms in total. The van der Waals surface area contributed by atoms with E-state index in [2.05, 4.69) is 0 Å². The standard InChI is InChI=1S/C21H26N2O2.ClH/c1-15-14-25-19(17-9-5-3-6-10-17)13-23(15)21(24)16(2)20(22)18-11-7-4-8-12-18;/h3-12,15-16,19-20H,13-14,22H2,1-2H3;1H. The summed E-state index contributed by atoms with van der Waals surface area (Å²) in [5.41, 5.74) is 8.45. The van der Waals surface area contributed by atoms with Crippen LogP contribution in [0.25, 0.3) is 0 Å². The molecule has 2 aromatic carbocycles. The third-order valence-electron chi connectivity index (χ3n) is 5.00. The molecule has 1 aliphatic heterocycles. The molecule has 0 aromatic heterocycles. The first-order valence-electron chi connectivity index (χ1n) is 8.85. The summed E-state index contributed by atoms with van der Waals surface area (Å²) in [5.74, 6) is -0.188. The van der Waals surface area contributed by atoms with Crippen molar-refractivity contribution in [3.63, 3.8) is 0 Å². The van der Waals surface area contributed by atoms with Crippen LogP contribution in [0, 0.1) is 5.92 Å². The van der Waals surface area contributed by atoms with Gasteiger partial charge >= 0.3 is 0 Å². The van der Waals surface area contributed by atoms with Crippen LogP contribution in [0.5, 0.6) is 0 Å². The second-order valence-corrected chi connectivity index (χ2v) is 6.80. The van der Waals surface area contributed by atoms with Crippen molar-refractivity contribution in [2.45, 2.75) is 32.0 Å². The summed E-state index contributed by atoms with van der Waals surface area (Å²) in [7, 11) is 0. The summed E-state index contributed by atoms with van der Waals surface area (Å²) in [6.45, 7) is 5.05. The van der Waals surface area contributed by atoms with Crippen LogP contribution in [0.15, 0.2) is 60.7 Å². The minimum Gasteiger partial charge on any atom is -0.370 e. The third kappa shape index (κ3) is 4.44. The molecule has 1 fully saturated rings. The molecule has 26 heavy (non-hydrogen) atoms. The summed E-state index contributed by atoms with van der Waals surface area (Å²) in [6.07, 6.45) is -0.0819. The minimum absolute atomic E-state index is 0. The van der Waals surface area contributed by atoms with E-state index in [1.165, 1.54) is 0 Å². The lowest BCUT2D eigenvalue weighted by Gasteiger charge is -2.40. The van der Waals surface area contributed by atoms with Gasteiger partial charge in [0.2, 0.25) is 5.91 Å². The molecule has 1 saturated heterocycles. The molecule has 4 atom stereocenters. The highest BCUT2D eigenvalue weighted by molar-refractivity contribution is 5.85. The Kier molecular flexibility index (Phi) is 7.21. The summed E-state index contributed by atoms with van der Waals surface area (Å²) >= 11 is 0. The van der Waals surface area contributed by atoms with Gasteiger partial charge in [-0.1, -0.05) is 67.6 Å². The molecule has 1 heterocycles. The highest BCUT2D eigenvalue weighted by Crippen LogP contribution is 2.28. The molecule has 0 saturated carbocycles. The molecule has 5 heteroatoms. The Morgan fingerprint density at radius 3 is 2.31 bits per heavy atom. The molecule has 0 radical (unpaired) electrons. The first-order valence-corrected chi connectivity index (χ1v) is 8.85. The number of ether oxygens (including phenoxy) is 1. The highest BCUT2D eigenvalue weighted by Gasteiger charge is 2.34. The van der Waals surface area contributed by atoms with Crippen LogP contribution < -0.4 is 5.73 Å². The quantitative estimate of drug-likeness (QED) is 0.887. The number of benzene rings is 2. The van der Waals surface area contributed by atoms with Crippen molar-refractivity contribution in [3.8, 4) is 0 Å². The lowest BCUT2D eigenvalue weighted by Crippen LogP contribution is -2.51. The summed E-state index contributed by atoms with van der Waals surface area (Å²) in [6, 6.07) is 19.6. The van der Waals surface area contributed by atoms with E-state index in [0.29, 0.717) is 13.2 Å². The number of nitrogens with two attached hydrogens (primary N) is 1. The van der Waals surface area contributed by atoms with Crippen molar-refractivity contribution in [1.82, 2.24) is 4.90 Å². The molecule has 3 rings (SSSR count). The van der Waals surface area contributed by atoms with E-state index < -0.39 is 0 Å². The Labute approximate surface area is 161 Å². The fraction of sp³-hybridized carbons (Fsp3) is 0.381. The van der Waals surface area contributed by atoms with E-state index in [1.54, 1.807) is 0 Å². The van der Waals surface area contributed by atoms with Gasteiger partial charge in [0.05, 0.1) is 25.1 Å². The van der Waals surface area contributed by atoms with Gasteiger partial charge in [-0.05, 0) is 18.1 Å². The molecule has 1 amide bonds. The smallest absolute Gasteiger partial charge is 0.227 e. The Bertz CT molecular complexity index is 696. The number of hydrogen-bond donors (Lipinski definition) is 1. The van der Waals surface area contributed by atoms with E-state index in [4.69, 9.17) is 10.5 Å². The van der Waals surface area contributed by atoms with E-state index in [9.17, 15) is 4.79 Å². The molecule has 1 aliphatic rings. The fourth-order valence-electron chi connectivity index (χ4n) is 3.31. The SMILES string of the molecule is CC(C(=O)N1CC(c2ccccc2)OCC1C)C(N)c1ccccc1.Cl. The second-order valence-electron chi connectivity index (χ2n) is 6.80. The number of carbonyl (C=O) groups excluding carboxylic acids is 1. The van der Waals surface area contributed by atoms with Gasteiger partial charge in [0.1, 0.15) is 6.10 Å². The van der Waals surface area contributed by atoms with Gasteiger partial charge in [0, 0.05) is 6.04 Å². The topological polar surface area (TPSA) is 55.6 Å². The number of rotatable bonds is 4.